The lowest BCUT2D eigenvalue weighted by Gasteiger charge is -2.16. The predicted molar refractivity (Wildman–Crippen MR) is 110 cm³/mol. The first kappa shape index (κ1) is 24.5. The lowest BCUT2D eigenvalue weighted by Crippen LogP contribution is -2.30. The number of amides is 1. The molecule has 2 rings (SSSR count). The van der Waals surface area contributed by atoms with E-state index in [1.807, 2.05) is 6.92 Å². The van der Waals surface area contributed by atoms with Crippen molar-refractivity contribution in [2.45, 2.75) is 38.7 Å². The minimum atomic E-state index is -0.937. The smallest absolute Gasteiger partial charge is 0.310 e. The second-order valence-corrected chi connectivity index (χ2v) is 7.38. The molecule has 0 saturated heterocycles. The van der Waals surface area contributed by atoms with Gasteiger partial charge in [-0.2, -0.15) is 0 Å². The van der Waals surface area contributed by atoms with Crippen LogP contribution in [0.5, 0.6) is 0 Å². The summed E-state index contributed by atoms with van der Waals surface area (Å²) in [5, 5.41) is 6.73. The van der Waals surface area contributed by atoms with Crippen LogP contribution in [0.25, 0.3) is 0 Å². The van der Waals surface area contributed by atoms with E-state index in [1.165, 1.54) is 6.07 Å². The fraction of sp³-hybridized carbons (Fsp3) is 0.500. The fourth-order valence-corrected chi connectivity index (χ4v) is 2.75. The molecule has 9 heteroatoms. The number of carbonyl (C=O) groups is 2. The molecule has 0 aliphatic carbocycles. The summed E-state index contributed by atoms with van der Waals surface area (Å²) >= 11 is 0. The number of methoxy groups -OCH3 is 1. The zero-order valence-corrected chi connectivity index (χ0v) is 17.7. The molecule has 2 atom stereocenters. The van der Waals surface area contributed by atoms with Crippen LogP contribution in [0, 0.1) is 17.6 Å². The SMILES string of the molecule is COCCC(C)CNC(=O)CC1=NOC(CC(=O)OCCc2ccc(F)c(F)c2)C=C1. The van der Waals surface area contributed by atoms with Crippen molar-refractivity contribution in [2.75, 3.05) is 26.9 Å². The molecular formula is C22H28F2N2O5. The summed E-state index contributed by atoms with van der Waals surface area (Å²) in [5.41, 5.74) is 0.992. The van der Waals surface area contributed by atoms with E-state index in [9.17, 15) is 18.4 Å². The van der Waals surface area contributed by atoms with Gasteiger partial charge < -0.3 is 19.6 Å². The molecule has 0 bridgehead atoms. The minimum absolute atomic E-state index is 0.0395. The van der Waals surface area contributed by atoms with E-state index in [1.54, 1.807) is 19.3 Å². The molecule has 1 aromatic carbocycles. The van der Waals surface area contributed by atoms with Crippen molar-refractivity contribution in [2.24, 2.45) is 11.1 Å². The number of oxime groups is 1. The van der Waals surface area contributed by atoms with Crippen molar-refractivity contribution in [3.63, 3.8) is 0 Å². The third-order valence-electron chi connectivity index (χ3n) is 4.62. The molecule has 31 heavy (non-hydrogen) atoms. The van der Waals surface area contributed by atoms with Gasteiger partial charge in [-0.15, -0.1) is 0 Å². The van der Waals surface area contributed by atoms with Crippen molar-refractivity contribution in [3.05, 3.63) is 47.5 Å². The zero-order chi connectivity index (χ0) is 22.6. The van der Waals surface area contributed by atoms with Crippen LogP contribution in [0.15, 0.2) is 35.5 Å². The van der Waals surface area contributed by atoms with Crippen molar-refractivity contribution in [1.82, 2.24) is 5.32 Å². The maximum absolute atomic E-state index is 13.2. The van der Waals surface area contributed by atoms with Crippen LogP contribution < -0.4 is 5.32 Å². The Morgan fingerprint density at radius 1 is 1.26 bits per heavy atom. The Balaban J connectivity index is 1.63. The Morgan fingerprint density at radius 3 is 2.74 bits per heavy atom. The van der Waals surface area contributed by atoms with Crippen LogP contribution in [0.2, 0.25) is 0 Å². The maximum atomic E-state index is 13.2. The van der Waals surface area contributed by atoms with Gasteiger partial charge >= 0.3 is 5.97 Å². The summed E-state index contributed by atoms with van der Waals surface area (Å²) in [4.78, 5) is 29.2. The van der Waals surface area contributed by atoms with Gasteiger partial charge in [0, 0.05) is 26.7 Å². The largest absolute Gasteiger partial charge is 0.465 e. The molecule has 0 spiro atoms. The Kier molecular flexibility index (Phi) is 10.1. The molecule has 0 aromatic heterocycles. The molecule has 0 radical (unpaired) electrons. The quantitative estimate of drug-likeness (QED) is 0.507. The highest BCUT2D eigenvalue weighted by atomic mass is 19.2. The van der Waals surface area contributed by atoms with Crippen LogP contribution in [0.3, 0.4) is 0 Å². The van der Waals surface area contributed by atoms with Crippen molar-refractivity contribution >= 4 is 17.6 Å². The number of halogens is 2. The number of hydrogen-bond acceptors (Lipinski definition) is 6. The second kappa shape index (κ2) is 12.8. The highest BCUT2D eigenvalue weighted by Crippen LogP contribution is 2.12. The zero-order valence-electron chi connectivity index (χ0n) is 17.7. The molecule has 7 nitrogen and oxygen atoms in total. The van der Waals surface area contributed by atoms with E-state index in [0.717, 1.165) is 18.6 Å². The summed E-state index contributed by atoms with van der Waals surface area (Å²) in [5.74, 6) is -2.21. The van der Waals surface area contributed by atoms with Crippen LogP contribution >= 0.6 is 0 Å². The summed E-state index contributed by atoms with van der Waals surface area (Å²) in [7, 11) is 1.64. The first-order valence-corrected chi connectivity index (χ1v) is 10.1. The van der Waals surface area contributed by atoms with Crippen LogP contribution in [0.4, 0.5) is 8.78 Å². The molecule has 1 heterocycles. The lowest BCUT2D eigenvalue weighted by atomic mass is 10.1. The van der Waals surface area contributed by atoms with Crippen molar-refractivity contribution in [3.8, 4) is 0 Å². The van der Waals surface area contributed by atoms with Crippen molar-refractivity contribution in [1.29, 1.82) is 0 Å². The number of rotatable bonds is 12. The van der Waals surface area contributed by atoms with Crippen LogP contribution in [-0.2, 0) is 30.3 Å². The molecule has 1 aliphatic rings. The predicted octanol–water partition coefficient (Wildman–Crippen LogP) is 2.93. The molecule has 1 amide bonds. The number of esters is 1. The minimum Gasteiger partial charge on any atom is -0.465 e. The molecule has 1 aromatic rings. The second-order valence-electron chi connectivity index (χ2n) is 7.38. The highest BCUT2D eigenvalue weighted by Gasteiger charge is 2.18. The van der Waals surface area contributed by atoms with Gasteiger partial charge in [-0.05, 0) is 42.2 Å². The van der Waals surface area contributed by atoms with Crippen molar-refractivity contribution < 1.29 is 32.7 Å². The van der Waals surface area contributed by atoms with Gasteiger partial charge in [-0.3, -0.25) is 9.59 Å². The highest BCUT2D eigenvalue weighted by molar-refractivity contribution is 6.07. The van der Waals surface area contributed by atoms with Gasteiger partial charge in [-0.1, -0.05) is 18.1 Å². The van der Waals surface area contributed by atoms with Gasteiger partial charge in [0.25, 0.3) is 0 Å². The first-order valence-electron chi connectivity index (χ1n) is 10.1. The number of nitrogens with zero attached hydrogens (tertiary/aromatic N) is 1. The lowest BCUT2D eigenvalue weighted by molar-refractivity contribution is -0.146. The number of carbonyl (C=O) groups excluding carboxylic acids is 2. The van der Waals surface area contributed by atoms with Crippen LogP contribution in [-0.4, -0.2) is 50.6 Å². The molecule has 0 fully saturated rings. The fourth-order valence-electron chi connectivity index (χ4n) is 2.75. The summed E-state index contributed by atoms with van der Waals surface area (Å²) < 4.78 is 36.2. The number of hydrogen-bond donors (Lipinski definition) is 1. The molecule has 2 unspecified atom stereocenters. The molecule has 1 aliphatic heterocycles. The third-order valence-corrected chi connectivity index (χ3v) is 4.62. The Morgan fingerprint density at radius 2 is 2.06 bits per heavy atom. The number of allylic oxidation sites excluding steroid dienone is 1. The van der Waals surface area contributed by atoms with Crippen LogP contribution in [0.1, 0.15) is 31.7 Å². The monoisotopic (exact) mass is 438 g/mol. The van der Waals surface area contributed by atoms with E-state index in [0.29, 0.717) is 30.3 Å². The van der Waals surface area contributed by atoms with Gasteiger partial charge in [-0.25, -0.2) is 8.78 Å². The molecule has 170 valence electrons. The maximum Gasteiger partial charge on any atom is 0.310 e. The Hall–Kier alpha value is -2.81. The van der Waals surface area contributed by atoms with Gasteiger partial charge in [0.05, 0.1) is 25.2 Å². The average molecular weight is 438 g/mol. The standard InChI is InChI=1S/C22H28F2N2O5/c1-15(7-9-29-2)14-25-21(27)12-17-4-5-18(31-26-17)13-22(28)30-10-8-16-3-6-19(23)20(24)11-16/h3-6,11,15,18H,7-10,12-14H2,1-2H3,(H,25,27). The molecular weight excluding hydrogens is 410 g/mol. The van der Waals surface area contributed by atoms with E-state index < -0.39 is 23.7 Å². The first-order chi connectivity index (χ1) is 14.9. The number of ether oxygens (including phenoxy) is 2. The van der Waals surface area contributed by atoms with E-state index in [-0.39, 0.29) is 31.8 Å². The number of nitrogens with one attached hydrogen (secondary N) is 1. The van der Waals surface area contributed by atoms with E-state index >= 15 is 0 Å². The molecule has 0 saturated carbocycles. The summed E-state index contributed by atoms with van der Waals surface area (Å²) in [6.07, 6.45) is 3.87. The van der Waals surface area contributed by atoms with Gasteiger partial charge in [0.1, 0.15) is 0 Å². The van der Waals surface area contributed by atoms with E-state index in [2.05, 4.69) is 10.5 Å². The number of benzene rings is 1. The Labute approximate surface area is 180 Å². The average Bonchev–Trinajstić information content (AvgIpc) is 2.74. The normalized spacial score (nSPS) is 16.3. The topological polar surface area (TPSA) is 86.2 Å². The molecule has 1 N–H and O–H groups in total. The summed E-state index contributed by atoms with van der Waals surface area (Å²) in [6.45, 7) is 3.27. The Bertz CT molecular complexity index is 813. The van der Waals surface area contributed by atoms with Gasteiger partial charge in [0.15, 0.2) is 17.7 Å². The van der Waals surface area contributed by atoms with Gasteiger partial charge in [0.2, 0.25) is 5.91 Å². The summed E-state index contributed by atoms with van der Waals surface area (Å²) in [6, 6.07) is 3.54. The van der Waals surface area contributed by atoms with E-state index in [4.69, 9.17) is 14.3 Å². The third kappa shape index (κ3) is 9.25.